The van der Waals surface area contributed by atoms with E-state index in [1.54, 1.807) is 11.3 Å². The van der Waals surface area contributed by atoms with Crippen LogP contribution < -0.4 is 5.32 Å². The smallest absolute Gasteiger partial charge is 0.241 e. The van der Waals surface area contributed by atoms with E-state index in [4.69, 9.17) is 0 Å². The van der Waals surface area contributed by atoms with Crippen molar-refractivity contribution < 1.29 is 4.79 Å². The molecule has 0 aliphatic heterocycles. The molecule has 0 aliphatic rings. The lowest BCUT2D eigenvalue weighted by Crippen LogP contribution is -2.39. The van der Waals surface area contributed by atoms with Crippen LogP contribution in [-0.2, 0) is 17.8 Å². The summed E-state index contributed by atoms with van der Waals surface area (Å²) < 4.78 is 0. The van der Waals surface area contributed by atoms with Gasteiger partial charge in [-0.15, -0.1) is 11.3 Å². The van der Waals surface area contributed by atoms with Crippen LogP contribution in [0.4, 0.5) is 5.69 Å². The van der Waals surface area contributed by atoms with E-state index in [0.29, 0.717) is 0 Å². The first-order valence-electron chi connectivity index (χ1n) is 7.22. The first-order chi connectivity index (χ1) is 10.1. The zero-order valence-corrected chi connectivity index (χ0v) is 13.6. The van der Waals surface area contributed by atoms with Crippen LogP contribution in [0.1, 0.15) is 24.3 Å². The second kappa shape index (κ2) is 7.38. The molecular formula is C17H22N2OS. The molecule has 4 heteroatoms. The Kier molecular flexibility index (Phi) is 5.53. The van der Waals surface area contributed by atoms with Gasteiger partial charge in [-0.05, 0) is 49.5 Å². The highest BCUT2D eigenvalue weighted by atomic mass is 32.1. The highest BCUT2D eigenvalue weighted by molar-refractivity contribution is 7.09. The molecular weight excluding hydrogens is 280 g/mol. The molecule has 0 radical (unpaired) electrons. The fourth-order valence-electron chi connectivity index (χ4n) is 2.06. The summed E-state index contributed by atoms with van der Waals surface area (Å²) in [5.41, 5.74) is 2.13. The van der Waals surface area contributed by atoms with Crippen LogP contribution >= 0.6 is 11.3 Å². The maximum Gasteiger partial charge on any atom is 0.241 e. The number of thiophene rings is 1. The summed E-state index contributed by atoms with van der Waals surface area (Å²) in [6, 6.07) is 12.0. The second-order valence-electron chi connectivity index (χ2n) is 5.21. The van der Waals surface area contributed by atoms with Gasteiger partial charge in [-0.2, -0.15) is 0 Å². The molecule has 0 fully saturated rings. The lowest BCUT2D eigenvalue weighted by atomic mass is 10.1. The van der Waals surface area contributed by atoms with Crippen molar-refractivity contribution in [3.63, 3.8) is 0 Å². The minimum absolute atomic E-state index is 0.0262. The van der Waals surface area contributed by atoms with Gasteiger partial charge in [0.05, 0.1) is 6.04 Å². The van der Waals surface area contributed by atoms with Crippen molar-refractivity contribution in [3.8, 4) is 0 Å². The summed E-state index contributed by atoms with van der Waals surface area (Å²) in [6.07, 6.45) is 1.01. The number of carbonyl (C=O) groups is 1. The topological polar surface area (TPSA) is 32.3 Å². The number of hydrogen-bond acceptors (Lipinski definition) is 3. The molecule has 1 atom stereocenters. The Morgan fingerprint density at radius 3 is 2.57 bits per heavy atom. The fraction of sp³-hybridized carbons (Fsp3) is 0.353. The van der Waals surface area contributed by atoms with Crippen molar-refractivity contribution in [2.24, 2.45) is 0 Å². The first-order valence-corrected chi connectivity index (χ1v) is 8.10. The van der Waals surface area contributed by atoms with Gasteiger partial charge in [-0.1, -0.05) is 25.1 Å². The number of rotatable bonds is 6. The third kappa shape index (κ3) is 4.41. The number of anilines is 1. The van der Waals surface area contributed by atoms with Crippen molar-refractivity contribution in [2.45, 2.75) is 32.9 Å². The average molecular weight is 302 g/mol. The third-order valence-corrected chi connectivity index (χ3v) is 4.52. The summed E-state index contributed by atoms with van der Waals surface area (Å²) in [4.78, 5) is 15.6. The van der Waals surface area contributed by atoms with E-state index in [2.05, 4.69) is 40.7 Å². The summed E-state index contributed by atoms with van der Waals surface area (Å²) in [5.74, 6) is 0.0262. The zero-order valence-electron chi connectivity index (χ0n) is 12.8. The minimum atomic E-state index is -0.169. The number of nitrogens with one attached hydrogen (secondary N) is 1. The van der Waals surface area contributed by atoms with Crippen molar-refractivity contribution in [1.82, 2.24) is 4.90 Å². The Morgan fingerprint density at radius 1 is 1.29 bits per heavy atom. The molecule has 0 saturated carbocycles. The molecule has 0 unspecified atom stereocenters. The first kappa shape index (κ1) is 15.7. The van der Waals surface area contributed by atoms with Gasteiger partial charge >= 0.3 is 0 Å². The number of benzene rings is 1. The average Bonchev–Trinajstić information content (AvgIpc) is 3.00. The zero-order chi connectivity index (χ0) is 15.2. The predicted octanol–water partition coefficient (Wildman–Crippen LogP) is 3.77. The number of amides is 1. The van der Waals surface area contributed by atoms with Crippen LogP contribution in [0.3, 0.4) is 0 Å². The predicted molar refractivity (Wildman–Crippen MR) is 89.7 cm³/mol. The van der Waals surface area contributed by atoms with Gasteiger partial charge in [-0.25, -0.2) is 0 Å². The molecule has 1 aromatic heterocycles. The Balaban J connectivity index is 1.91. The summed E-state index contributed by atoms with van der Waals surface area (Å²) in [6.45, 7) is 4.85. The van der Waals surface area contributed by atoms with E-state index >= 15 is 0 Å². The van der Waals surface area contributed by atoms with Gasteiger partial charge in [-0.3, -0.25) is 9.69 Å². The highest BCUT2D eigenvalue weighted by Gasteiger charge is 2.18. The number of carbonyl (C=O) groups excluding carboxylic acids is 1. The lowest BCUT2D eigenvalue weighted by Gasteiger charge is -2.23. The quantitative estimate of drug-likeness (QED) is 0.881. The molecule has 3 nitrogen and oxygen atoms in total. The molecule has 1 amide bonds. The Hall–Kier alpha value is -1.65. The maximum atomic E-state index is 12.3. The summed E-state index contributed by atoms with van der Waals surface area (Å²) >= 11 is 1.72. The Labute approximate surface area is 130 Å². The molecule has 2 rings (SSSR count). The van der Waals surface area contributed by atoms with E-state index in [1.165, 1.54) is 10.4 Å². The Morgan fingerprint density at radius 2 is 2.00 bits per heavy atom. The van der Waals surface area contributed by atoms with Gasteiger partial charge in [0, 0.05) is 17.1 Å². The van der Waals surface area contributed by atoms with Gasteiger partial charge in [0.1, 0.15) is 0 Å². The van der Waals surface area contributed by atoms with Crippen molar-refractivity contribution in [3.05, 3.63) is 52.2 Å². The summed E-state index contributed by atoms with van der Waals surface area (Å²) in [7, 11) is 1.98. The van der Waals surface area contributed by atoms with Gasteiger partial charge < -0.3 is 5.32 Å². The number of aryl methyl sites for hydroxylation is 1. The van der Waals surface area contributed by atoms with Gasteiger partial charge in [0.15, 0.2) is 0 Å². The maximum absolute atomic E-state index is 12.3. The molecule has 0 spiro atoms. The van der Waals surface area contributed by atoms with Gasteiger partial charge in [0.2, 0.25) is 5.91 Å². The molecule has 21 heavy (non-hydrogen) atoms. The van der Waals surface area contributed by atoms with E-state index in [-0.39, 0.29) is 11.9 Å². The fourth-order valence-corrected chi connectivity index (χ4v) is 2.82. The largest absolute Gasteiger partial charge is 0.325 e. The monoisotopic (exact) mass is 302 g/mol. The van der Waals surface area contributed by atoms with Crippen molar-refractivity contribution in [2.75, 3.05) is 12.4 Å². The van der Waals surface area contributed by atoms with Crippen LogP contribution in [0.25, 0.3) is 0 Å². The van der Waals surface area contributed by atoms with Crippen LogP contribution in [0.2, 0.25) is 0 Å². The van der Waals surface area contributed by atoms with E-state index in [0.717, 1.165) is 18.7 Å². The highest BCUT2D eigenvalue weighted by Crippen LogP contribution is 2.14. The molecule has 1 aromatic carbocycles. The van der Waals surface area contributed by atoms with Crippen molar-refractivity contribution >= 4 is 22.9 Å². The second-order valence-corrected chi connectivity index (χ2v) is 6.24. The normalized spacial score (nSPS) is 12.4. The van der Waals surface area contributed by atoms with Crippen LogP contribution in [0.15, 0.2) is 41.8 Å². The van der Waals surface area contributed by atoms with Gasteiger partial charge in [0.25, 0.3) is 0 Å². The number of likely N-dealkylation sites (N-methyl/N-ethyl adjacent to an activating group) is 1. The SMILES string of the molecule is CCc1ccc(NC(=O)[C@@H](C)N(C)Cc2cccs2)cc1. The molecule has 1 N–H and O–H groups in total. The van der Waals surface area contributed by atoms with E-state index in [1.807, 2.05) is 32.2 Å². The number of nitrogens with zero attached hydrogens (tertiary/aromatic N) is 1. The van der Waals surface area contributed by atoms with Crippen LogP contribution in [0.5, 0.6) is 0 Å². The van der Waals surface area contributed by atoms with E-state index in [9.17, 15) is 4.79 Å². The van der Waals surface area contributed by atoms with Crippen LogP contribution in [0, 0.1) is 0 Å². The molecule has 2 aromatic rings. The third-order valence-electron chi connectivity index (χ3n) is 3.66. The molecule has 0 bridgehead atoms. The molecule has 1 heterocycles. The van der Waals surface area contributed by atoms with Crippen molar-refractivity contribution in [1.29, 1.82) is 0 Å². The van der Waals surface area contributed by atoms with E-state index < -0.39 is 0 Å². The standard InChI is InChI=1S/C17H22N2OS/c1-4-14-7-9-15(10-8-14)18-17(20)13(2)19(3)12-16-6-5-11-21-16/h5-11,13H,4,12H2,1-3H3,(H,18,20)/t13-/m1/s1. The lowest BCUT2D eigenvalue weighted by molar-refractivity contribution is -0.120. The molecule has 0 saturated heterocycles. The molecule has 112 valence electrons. The number of hydrogen-bond donors (Lipinski definition) is 1. The minimum Gasteiger partial charge on any atom is -0.325 e. The Bertz CT molecular complexity index is 563. The molecule has 0 aliphatic carbocycles. The summed E-state index contributed by atoms with van der Waals surface area (Å²) in [5, 5.41) is 5.04. The van der Waals surface area contributed by atoms with Crippen LogP contribution in [-0.4, -0.2) is 23.9 Å².